The van der Waals surface area contributed by atoms with Crippen LogP contribution in [0.4, 0.5) is 43.4 Å². The first-order chi connectivity index (χ1) is 32.1. The number of anilines is 3. The first kappa shape index (κ1) is 57.8. The van der Waals surface area contributed by atoms with E-state index >= 15 is 0 Å². The molecule has 3 aromatic rings. The third-order valence-corrected chi connectivity index (χ3v) is 13.9. The van der Waals surface area contributed by atoms with E-state index in [0.717, 1.165) is 94.4 Å². The number of rotatable bonds is 15. The van der Waals surface area contributed by atoms with Crippen molar-refractivity contribution < 1.29 is 55.4 Å². The number of carboxylic acids is 1. The van der Waals surface area contributed by atoms with E-state index in [4.69, 9.17) is 27.1 Å². The molecule has 380 valence electrons. The quantitative estimate of drug-likeness (QED) is 0.0850. The van der Waals surface area contributed by atoms with Gasteiger partial charge in [-0.25, -0.2) is 26.3 Å². The molecule has 3 unspecified atom stereocenters. The monoisotopic (exact) mass is 972 g/mol. The second-order valence-electron chi connectivity index (χ2n) is 18.6. The number of hydrogen-bond acceptors (Lipinski definition) is 8. The number of aliphatic carboxylic acids is 1. The summed E-state index contributed by atoms with van der Waals surface area (Å²) in [7, 11) is 0. The van der Waals surface area contributed by atoms with Crippen LogP contribution in [0.15, 0.2) is 23.8 Å². The maximum atomic E-state index is 14.6. The van der Waals surface area contributed by atoms with Gasteiger partial charge in [-0.3, -0.25) is 24.0 Å². The fraction of sp³-hybridized carbons (Fsp3) is 0.537. The Hall–Kier alpha value is -5.47. The van der Waals surface area contributed by atoms with Crippen molar-refractivity contribution in [2.75, 3.05) is 17.2 Å². The summed E-state index contributed by atoms with van der Waals surface area (Å²) < 4.78 is 83.7. The predicted octanol–water partition coefficient (Wildman–Crippen LogP) is 13.2. The van der Waals surface area contributed by atoms with Gasteiger partial charge in [0.2, 0.25) is 0 Å². The van der Waals surface area contributed by atoms with Crippen LogP contribution in [-0.2, 0) is 33.6 Å². The highest BCUT2D eigenvalue weighted by Crippen LogP contribution is 2.58. The van der Waals surface area contributed by atoms with Crippen molar-refractivity contribution in [1.29, 1.82) is 0 Å². The maximum Gasteiger partial charge on any atom is 0.300 e. The van der Waals surface area contributed by atoms with Crippen LogP contribution in [0.2, 0.25) is 0 Å². The summed E-state index contributed by atoms with van der Waals surface area (Å²) in [6.07, 6.45) is 12.8. The van der Waals surface area contributed by atoms with Gasteiger partial charge in [0.15, 0.2) is 34.8 Å². The highest BCUT2D eigenvalue weighted by atomic mass is 19.2. The number of carboxylic acid groups (broad SMARTS) is 1. The molecule has 7 rings (SSSR count). The van der Waals surface area contributed by atoms with Crippen LogP contribution in [0, 0.1) is 51.7 Å². The van der Waals surface area contributed by atoms with Crippen molar-refractivity contribution in [3.8, 4) is 0 Å². The topological polar surface area (TPSA) is 184 Å². The molecule has 69 heavy (non-hydrogen) atoms. The Labute approximate surface area is 403 Å². The molecule has 0 bridgehead atoms. The number of halogens is 6. The average Bonchev–Trinajstić information content (AvgIpc) is 3.90. The molecule has 7 N–H and O–H groups in total. The number of Topliss-reactive ketones (excluding diaryl/α,β-unsaturated/α-hetero) is 4. The van der Waals surface area contributed by atoms with Crippen LogP contribution in [0.1, 0.15) is 195 Å². The van der Waals surface area contributed by atoms with Gasteiger partial charge < -0.3 is 22.3 Å². The minimum Gasteiger partial charge on any atom is -0.481 e. The van der Waals surface area contributed by atoms with Crippen molar-refractivity contribution in [2.24, 2.45) is 16.7 Å². The summed E-state index contributed by atoms with van der Waals surface area (Å²) in [6.45, 7) is 11.1. The van der Waals surface area contributed by atoms with Gasteiger partial charge in [0.05, 0.1) is 0 Å². The summed E-state index contributed by atoms with van der Waals surface area (Å²) in [4.78, 5) is 58.1. The van der Waals surface area contributed by atoms with E-state index < -0.39 is 63.3 Å². The molecule has 9 nitrogen and oxygen atoms in total. The molecule has 0 aliphatic heterocycles. The lowest BCUT2D eigenvalue weighted by Gasteiger charge is -2.36. The molecule has 4 aliphatic carbocycles. The number of carbonyl (C=O) groups is 5. The molecule has 0 fully saturated rings. The summed E-state index contributed by atoms with van der Waals surface area (Å²) in [5.41, 5.74) is 17.3. The zero-order valence-electron chi connectivity index (χ0n) is 40.2. The van der Waals surface area contributed by atoms with E-state index in [2.05, 4.69) is 6.92 Å². The molecule has 3 atom stereocenters. The third-order valence-electron chi connectivity index (χ3n) is 13.9. The van der Waals surface area contributed by atoms with Crippen molar-refractivity contribution in [3.63, 3.8) is 0 Å². The highest BCUT2D eigenvalue weighted by Gasteiger charge is 2.49. The van der Waals surface area contributed by atoms with Gasteiger partial charge in [-0.05, 0) is 105 Å². The van der Waals surface area contributed by atoms with Gasteiger partial charge in [0.25, 0.3) is 5.97 Å². The van der Waals surface area contributed by atoms with Crippen molar-refractivity contribution in [3.05, 3.63) is 92.1 Å². The Morgan fingerprint density at radius 1 is 0.667 bits per heavy atom. The first-order valence-electron chi connectivity index (χ1n) is 24.0. The molecular weight excluding hydrogens is 901 g/mol. The number of unbranched alkanes of at least 4 members (excludes halogenated alkanes) is 3. The van der Waals surface area contributed by atoms with Crippen LogP contribution >= 0.6 is 0 Å². The molecule has 0 radical (unpaired) electrons. The van der Waals surface area contributed by atoms with Crippen LogP contribution < -0.4 is 17.2 Å². The number of benzene rings is 3. The Morgan fingerprint density at radius 3 is 1.68 bits per heavy atom. The number of ketones is 4. The highest BCUT2D eigenvalue weighted by molar-refractivity contribution is 6.07. The lowest BCUT2D eigenvalue weighted by molar-refractivity contribution is -0.134. The number of carbonyl (C=O) groups excluding carboxylic acids is 4. The molecule has 4 aliphatic rings. The van der Waals surface area contributed by atoms with E-state index in [-0.39, 0.29) is 70.6 Å². The zero-order chi connectivity index (χ0) is 50.8. The molecule has 3 aromatic carbocycles. The largest absolute Gasteiger partial charge is 0.481 e. The summed E-state index contributed by atoms with van der Waals surface area (Å²) in [6, 6.07) is 3.46. The summed E-state index contributed by atoms with van der Waals surface area (Å²) in [5.74, 6) is -5.87. The van der Waals surface area contributed by atoms with Gasteiger partial charge in [0, 0.05) is 65.2 Å². The molecule has 0 aromatic heterocycles. The third kappa shape index (κ3) is 12.5. The standard InChI is InChI=1S/C19H25F2NO2.C19H23F2NO.C13H15F2NO.C2H4O2.CH4/c1-3-5-8-19(9-7-12(23)6-4-2)11-14-13(18(19)24)10-15(20)17(22)16(14)21;1-3-5-7-19-8-6-15(23)11(4-2)16(19)12-9-14(20)18(22)17(21)13(12)10-19;1-2-3-4-7-5-8-9(13(7)17)6-10(14)12(16)11(8)15;1-2(3)4;/h10H,3-9,11,22H2,1-2H3;9H,3-8,10,22H2,1-2H3;6-7H,2-5,16H2,1H3;1H3,(H,3,4);1H4. The molecule has 0 saturated heterocycles. The number of nitrogen functional groups attached to an aromatic ring is 3. The van der Waals surface area contributed by atoms with Gasteiger partial charge >= 0.3 is 0 Å². The van der Waals surface area contributed by atoms with Crippen molar-refractivity contribution in [2.45, 2.75) is 171 Å². The number of allylic oxidation sites excluding steroid dienone is 2. The van der Waals surface area contributed by atoms with Gasteiger partial charge in [-0.2, -0.15) is 0 Å². The first-order valence-corrected chi connectivity index (χ1v) is 24.0. The van der Waals surface area contributed by atoms with Crippen molar-refractivity contribution in [1.82, 2.24) is 0 Å². The SMILES string of the molecule is C.CC(=O)O.CCCCC1(CCC(=O)CCC)Cc2c(cc(F)c(N)c2F)C1=O.CCCCC12CCC(=O)C(CC)=C1c1cc(F)c(N)c(F)c1C2.CCCCC1Cc2c(cc(F)c(N)c2F)C1=O. The predicted molar refractivity (Wildman–Crippen MR) is 260 cm³/mol. The van der Waals surface area contributed by atoms with Gasteiger partial charge in [-0.1, -0.05) is 80.6 Å². The molecule has 15 heteroatoms. The second-order valence-corrected chi connectivity index (χ2v) is 18.6. The van der Waals surface area contributed by atoms with Crippen LogP contribution in [0.5, 0.6) is 0 Å². The van der Waals surface area contributed by atoms with Crippen LogP contribution in [0.3, 0.4) is 0 Å². The molecule has 0 heterocycles. The van der Waals surface area contributed by atoms with Crippen LogP contribution in [0.25, 0.3) is 5.57 Å². The number of hydrogen-bond donors (Lipinski definition) is 4. The van der Waals surface area contributed by atoms with Crippen molar-refractivity contribution >= 4 is 51.7 Å². The molecular formula is C54H71F6N3O6. The number of nitrogens with two attached hydrogens (primary N) is 3. The molecule has 0 saturated carbocycles. The fourth-order valence-electron chi connectivity index (χ4n) is 10.3. The van der Waals surface area contributed by atoms with E-state index in [1.165, 1.54) is 6.07 Å². The normalized spacial score (nSPS) is 19.5. The molecule has 0 amide bonds. The lowest BCUT2D eigenvalue weighted by Crippen LogP contribution is -2.29. The molecule has 0 spiro atoms. The second kappa shape index (κ2) is 24.9. The van der Waals surface area contributed by atoms with Gasteiger partial charge in [0.1, 0.15) is 40.3 Å². The zero-order valence-corrected chi connectivity index (χ0v) is 40.2. The van der Waals surface area contributed by atoms with E-state index in [9.17, 15) is 45.5 Å². The Kier molecular flexibility index (Phi) is 20.9. The van der Waals surface area contributed by atoms with Gasteiger partial charge in [-0.15, -0.1) is 0 Å². The minimum absolute atomic E-state index is 0. The number of fused-ring (bicyclic) bond motifs is 5. The van der Waals surface area contributed by atoms with Crippen LogP contribution in [-0.4, -0.2) is 34.2 Å². The maximum absolute atomic E-state index is 14.6. The Bertz CT molecular complexity index is 2450. The summed E-state index contributed by atoms with van der Waals surface area (Å²) >= 11 is 0. The Balaban J connectivity index is 0.000000265. The van der Waals surface area contributed by atoms with E-state index in [0.29, 0.717) is 62.5 Å². The Morgan fingerprint density at radius 2 is 1.16 bits per heavy atom. The minimum atomic E-state index is -0.895. The summed E-state index contributed by atoms with van der Waals surface area (Å²) in [5, 5.41) is 7.42. The smallest absolute Gasteiger partial charge is 0.300 e. The van der Waals surface area contributed by atoms with E-state index in [1.807, 2.05) is 27.7 Å². The average molecular weight is 972 g/mol. The fourth-order valence-corrected chi connectivity index (χ4v) is 10.3. The van der Waals surface area contributed by atoms with E-state index in [1.54, 1.807) is 0 Å². The lowest BCUT2D eigenvalue weighted by atomic mass is 9.67.